The minimum Gasteiger partial charge on any atom is -0.394 e. The summed E-state index contributed by atoms with van der Waals surface area (Å²) in [5, 5.41) is 23.1. The van der Waals surface area contributed by atoms with Crippen molar-refractivity contribution >= 4 is 5.91 Å². The van der Waals surface area contributed by atoms with E-state index in [-0.39, 0.29) is 12.5 Å². The number of hydrogen-bond donors (Lipinski definition) is 3. The predicted molar refractivity (Wildman–Crippen MR) is 276 cm³/mol. The Bertz CT molecular complexity index is 901. The van der Waals surface area contributed by atoms with Crippen LogP contribution >= 0.6 is 0 Å². The van der Waals surface area contributed by atoms with E-state index < -0.39 is 12.1 Å². The maximum atomic E-state index is 12.5. The highest BCUT2D eigenvalue weighted by Crippen LogP contribution is 2.18. The van der Waals surface area contributed by atoms with Gasteiger partial charge in [-0.2, -0.15) is 0 Å². The third-order valence-electron chi connectivity index (χ3n) is 13.4. The van der Waals surface area contributed by atoms with Crippen LogP contribution in [0.3, 0.4) is 0 Å². The van der Waals surface area contributed by atoms with Crippen LogP contribution < -0.4 is 5.32 Å². The van der Waals surface area contributed by atoms with E-state index in [0.717, 1.165) is 32.1 Å². The van der Waals surface area contributed by atoms with Gasteiger partial charge in [-0.05, 0) is 32.1 Å². The molecule has 4 nitrogen and oxygen atoms in total. The molecule has 0 spiro atoms. The number of carbonyl (C=O) groups excluding carboxylic acids is 1. The minimum absolute atomic E-state index is 0.0668. The first-order chi connectivity index (χ1) is 30.7. The first-order valence-corrected chi connectivity index (χ1v) is 28.6. The lowest BCUT2D eigenvalue weighted by Crippen LogP contribution is -2.45. The molecule has 0 aromatic heterocycles. The summed E-state index contributed by atoms with van der Waals surface area (Å²) in [6.45, 7) is 4.33. The Kier molecular flexibility index (Phi) is 53.2. The molecule has 0 rings (SSSR count). The molecule has 2 unspecified atom stereocenters. The summed E-state index contributed by atoms with van der Waals surface area (Å²) in [5.74, 6) is -0.0668. The summed E-state index contributed by atoms with van der Waals surface area (Å²) in [6.07, 6.45) is 72.1. The number of allylic oxidation sites excluding steroid dienone is 3. The Morgan fingerprint density at radius 1 is 0.371 bits per heavy atom. The average Bonchev–Trinajstić information content (AvgIpc) is 3.28. The van der Waals surface area contributed by atoms with E-state index >= 15 is 0 Å². The fourth-order valence-corrected chi connectivity index (χ4v) is 9.08. The van der Waals surface area contributed by atoms with E-state index in [1.54, 1.807) is 6.08 Å². The molecule has 0 aromatic carbocycles. The van der Waals surface area contributed by atoms with Gasteiger partial charge in [0.15, 0.2) is 0 Å². The molecular weight excluding hydrogens is 759 g/mol. The van der Waals surface area contributed by atoms with Gasteiger partial charge in [0.25, 0.3) is 0 Å². The third kappa shape index (κ3) is 49.9. The van der Waals surface area contributed by atoms with Gasteiger partial charge in [-0.3, -0.25) is 4.79 Å². The molecule has 0 aliphatic heterocycles. The van der Waals surface area contributed by atoms with Crippen LogP contribution in [0.2, 0.25) is 0 Å². The van der Waals surface area contributed by atoms with Gasteiger partial charge in [0.05, 0.1) is 18.8 Å². The molecule has 62 heavy (non-hydrogen) atoms. The van der Waals surface area contributed by atoms with Gasteiger partial charge < -0.3 is 15.5 Å². The molecule has 4 heteroatoms. The standard InChI is InChI=1S/C58H113NO3/c1-3-5-7-9-11-13-15-17-19-21-23-24-25-26-27-28-29-30-31-32-33-34-35-36-38-40-42-44-46-48-50-52-54-58(62)59-56(55-60)57(61)53-51-49-47-45-43-41-39-37-22-20-18-16-14-12-10-8-6-4-2/h43,45,51,53,56-57,60-61H,3-42,44,46-50,52,54-55H2,1-2H3,(H,59,62)/b45-43+,53-51+. The number of amides is 1. The molecule has 0 aliphatic rings. The smallest absolute Gasteiger partial charge is 0.220 e. The van der Waals surface area contributed by atoms with Crippen LogP contribution in [0.15, 0.2) is 24.3 Å². The van der Waals surface area contributed by atoms with Crippen molar-refractivity contribution in [3.05, 3.63) is 24.3 Å². The Labute approximate surface area is 389 Å². The van der Waals surface area contributed by atoms with E-state index in [4.69, 9.17) is 0 Å². The van der Waals surface area contributed by atoms with Crippen molar-refractivity contribution in [3.63, 3.8) is 0 Å². The summed E-state index contributed by atoms with van der Waals surface area (Å²) in [6, 6.07) is -0.636. The molecule has 0 saturated carbocycles. The summed E-state index contributed by atoms with van der Waals surface area (Å²) < 4.78 is 0. The molecule has 0 heterocycles. The highest BCUT2D eigenvalue weighted by Gasteiger charge is 2.18. The van der Waals surface area contributed by atoms with Crippen LogP contribution in [-0.2, 0) is 4.79 Å². The van der Waals surface area contributed by atoms with Crippen LogP contribution in [0.4, 0.5) is 0 Å². The molecule has 0 bridgehead atoms. The molecule has 1 amide bonds. The van der Waals surface area contributed by atoms with Crippen LogP contribution in [0, 0.1) is 0 Å². The van der Waals surface area contributed by atoms with Gasteiger partial charge in [-0.25, -0.2) is 0 Å². The number of aliphatic hydroxyl groups excluding tert-OH is 2. The maximum absolute atomic E-state index is 12.5. The number of nitrogens with one attached hydrogen (secondary N) is 1. The van der Waals surface area contributed by atoms with E-state index in [0.29, 0.717) is 6.42 Å². The van der Waals surface area contributed by atoms with Crippen molar-refractivity contribution in [1.29, 1.82) is 0 Å². The van der Waals surface area contributed by atoms with Gasteiger partial charge >= 0.3 is 0 Å². The van der Waals surface area contributed by atoms with E-state index in [2.05, 4.69) is 31.3 Å². The lowest BCUT2D eigenvalue weighted by atomic mass is 10.0. The Morgan fingerprint density at radius 3 is 0.935 bits per heavy atom. The molecule has 0 fully saturated rings. The van der Waals surface area contributed by atoms with Crippen LogP contribution in [-0.4, -0.2) is 34.9 Å². The Morgan fingerprint density at radius 2 is 0.629 bits per heavy atom. The highest BCUT2D eigenvalue weighted by molar-refractivity contribution is 5.76. The van der Waals surface area contributed by atoms with Crippen LogP contribution in [0.1, 0.15) is 322 Å². The minimum atomic E-state index is -0.859. The summed E-state index contributed by atoms with van der Waals surface area (Å²) in [7, 11) is 0. The molecule has 0 saturated heterocycles. The average molecular weight is 873 g/mol. The summed E-state index contributed by atoms with van der Waals surface area (Å²) in [5.41, 5.74) is 0. The quantitative estimate of drug-likeness (QED) is 0.0421. The fraction of sp³-hybridized carbons (Fsp3) is 0.914. The first kappa shape index (κ1) is 60.9. The third-order valence-corrected chi connectivity index (χ3v) is 13.4. The zero-order chi connectivity index (χ0) is 44.9. The van der Waals surface area contributed by atoms with Gasteiger partial charge in [-0.1, -0.05) is 308 Å². The number of aliphatic hydroxyl groups is 2. The van der Waals surface area contributed by atoms with Gasteiger partial charge in [0.2, 0.25) is 5.91 Å². The highest BCUT2D eigenvalue weighted by atomic mass is 16.3. The van der Waals surface area contributed by atoms with E-state index in [1.165, 1.54) is 270 Å². The van der Waals surface area contributed by atoms with E-state index in [9.17, 15) is 15.0 Å². The van der Waals surface area contributed by atoms with Crippen molar-refractivity contribution < 1.29 is 15.0 Å². The second-order valence-electron chi connectivity index (χ2n) is 19.7. The Hall–Kier alpha value is -1.13. The maximum Gasteiger partial charge on any atom is 0.220 e. The number of carbonyl (C=O) groups is 1. The molecule has 0 aliphatic carbocycles. The molecule has 368 valence electrons. The lowest BCUT2D eigenvalue weighted by Gasteiger charge is -2.19. The molecule has 0 radical (unpaired) electrons. The molecule has 3 N–H and O–H groups in total. The SMILES string of the molecule is CCCCCCCCCCCCCC/C=C/CC/C=C/C(O)C(CO)NC(=O)CCCCCCCCCCCCCCCCCCCCCCCCCCCCCCCCCC. The topological polar surface area (TPSA) is 69.6 Å². The van der Waals surface area contributed by atoms with Crippen molar-refractivity contribution in [2.75, 3.05) is 6.61 Å². The van der Waals surface area contributed by atoms with Crippen molar-refractivity contribution in [3.8, 4) is 0 Å². The van der Waals surface area contributed by atoms with Crippen molar-refractivity contribution in [2.24, 2.45) is 0 Å². The number of rotatable bonds is 53. The zero-order valence-electron chi connectivity index (χ0n) is 42.4. The van der Waals surface area contributed by atoms with Gasteiger partial charge in [0.1, 0.15) is 0 Å². The van der Waals surface area contributed by atoms with Gasteiger partial charge in [0, 0.05) is 6.42 Å². The summed E-state index contributed by atoms with van der Waals surface area (Å²) in [4.78, 5) is 12.5. The second kappa shape index (κ2) is 54.2. The molecule has 2 atom stereocenters. The first-order valence-electron chi connectivity index (χ1n) is 28.6. The molecular formula is C58H113NO3. The fourth-order valence-electron chi connectivity index (χ4n) is 9.08. The molecule has 0 aromatic rings. The zero-order valence-corrected chi connectivity index (χ0v) is 42.4. The second-order valence-corrected chi connectivity index (χ2v) is 19.7. The van der Waals surface area contributed by atoms with Crippen LogP contribution in [0.25, 0.3) is 0 Å². The monoisotopic (exact) mass is 872 g/mol. The Balaban J connectivity index is 3.44. The largest absolute Gasteiger partial charge is 0.394 e. The summed E-state index contributed by atoms with van der Waals surface area (Å²) >= 11 is 0. The van der Waals surface area contributed by atoms with Crippen molar-refractivity contribution in [2.45, 2.75) is 334 Å². The van der Waals surface area contributed by atoms with Crippen LogP contribution in [0.5, 0.6) is 0 Å². The normalized spacial score (nSPS) is 12.9. The number of hydrogen-bond acceptors (Lipinski definition) is 3. The predicted octanol–water partition coefficient (Wildman–Crippen LogP) is 18.7. The number of unbranched alkanes of at least 4 members (excludes halogenated alkanes) is 44. The van der Waals surface area contributed by atoms with E-state index in [1.807, 2.05) is 6.08 Å². The van der Waals surface area contributed by atoms with Crippen molar-refractivity contribution in [1.82, 2.24) is 5.32 Å². The van der Waals surface area contributed by atoms with Gasteiger partial charge in [-0.15, -0.1) is 0 Å². The lowest BCUT2D eigenvalue weighted by molar-refractivity contribution is -0.123.